The lowest BCUT2D eigenvalue weighted by atomic mass is 10.3. The summed E-state index contributed by atoms with van der Waals surface area (Å²) >= 11 is 0. The molecule has 0 amide bonds. The van der Waals surface area contributed by atoms with Crippen molar-refractivity contribution >= 4 is 5.97 Å². The number of hydrogen-bond donors (Lipinski definition) is 2. The first-order chi connectivity index (χ1) is 5.61. The van der Waals surface area contributed by atoms with E-state index in [2.05, 4.69) is 5.10 Å². The van der Waals surface area contributed by atoms with Gasteiger partial charge in [0.2, 0.25) is 0 Å². The van der Waals surface area contributed by atoms with Crippen molar-refractivity contribution in [3.8, 4) is 0 Å². The van der Waals surface area contributed by atoms with Gasteiger partial charge in [-0.3, -0.25) is 4.68 Å². The Morgan fingerprint density at radius 1 is 1.92 bits per heavy atom. The molecule has 0 unspecified atom stereocenters. The topological polar surface area (TPSA) is 81.1 Å². The van der Waals surface area contributed by atoms with Gasteiger partial charge in [0.1, 0.15) is 5.69 Å². The Balaban J connectivity index is 2.84. The molecule has 0 bridgehead atoms. The molecule has 0 aliphatic rings. The van der Waals surface area contributed by atoms with Crippen molar-refractivity contribution in [3.63, 3.8) is 0 Å². The number of aromatic carboxylic acids is 1. The van der Waals surface area contributed by atoms with Gasteiger partial charge in [0.25, 0.3) is 0 Å². The van der Waals surface area contributed by atoms with Gasteiger partial charge >= 0.3 is 5.97 Å². The Labute approximate surface area is 69.8 Å². The van der Waals surface area contributed by atoms with E-state index in [1.54, 1.807) is 6.92 Å². The normalized spacial score (nSPS) is 12.8. The average molecular weight is 169 g/mol. The van der Waals surface area contributed by atoms with Crippen LogP contribution >= 0.6 is 0 Å². The average Bonchev–Trinajstić information content (AvgIpc) is 2.33. The van der Waals surface area contributed by atoms with Crippen LogP contribution in [0.5, 0.6) is 0 Å². The van der Waals surface area contributed by atoms with E-state index in [1.807, 2.05) is 0 Å². The van der Waals surface area contributed by atoms with Crippen molar-refractivity contribution in [2.24, 2.45) is 5.73 Å². The predicted molar refractivity (Wildman–Crippen MR) is 42.8 cm³/mol. The highest BCUT2D eigenvalue weighted by Crippen LogP contribution is 1.99. The minimum absolute atomic E-state index is 0.0944. The number of carboxylic acids is 1. The molecule has 12 heavy (non-hydrogen) atoms. The molecule has 0 radical (unpaired) electrons. The summed E-state index contributed by atoms with van der Waals surface area (Å²) in [5.41, 5.74) is 5.67. The molecule has 0 saturated carbocycles. The molecule has 1 atom stereocenters. The third-order valence-electron chi connectivity index (χ3n) is 1.40. The minimum atomic E-state index is -0.979. The van der Waals surface area contributed by atoms with E-state index in [1.165, 1.54) is 16.9 Å². The first kappa shape index (κ1) is 8.73. The fourth-order valence-electron chi connectivity index (χ4n) is 0.933. The Kier molecular flexibility index (Phi) is 2.44. The van der Waals surface area contributed by atoms with E-state index in [9.17, 15) is 4.79 Å². The van der Waals surface area contributed by atoms with E-state index in [-0.39, 0.29) is 11.7 Å². The maximum absolute atomic E-state index is 10.6. The monoisotopic (exact) mass is 169 g/mol. The van der Waals surface area contributed by atoms with E-state index >= 15 is 0 Å². The highest BCUT2D eigenvalue weighted by Gasteiger charge is 2.10. The SMILES string of the molecule is C[C@H](N)Cn1nccc1C(=O)O. The smallest absolute Gasteiger partial charge is 0.354 e. The van der Waals surface area contributed by atoms with Crippen molar-refractivity contribution in [2.75, 3.05) is 0 Å². The van der Waals surface area contributed by atoms with Crippen LogP contribution in [-0.2, 0) is 6.54 Å². The highest BCUT2D eigenvalue weighted by atomic mass is 16.4. The molecule has 0 fully saturated rings. The van der Waals surface area contributed by atoms with E-state index in [4.69, 9.17) is 10.8 Å². The van der Waals surface area contributed by atoms with Crippen LogP contribution in [-0.4, -0.2) is 26.9 Å². The molecule has 3 N–H and O–H groups in total. The molecule has 1 aromatic heterocycles. The standard InChI is InChI=1S/C7H11N3O2/c1-5(8)4-10-6(7(11)12)2-3-9-10/h2-3,5H,4,8H2,1H3,(H,11,12)/t5-/m0/s1. The van der Waals surface area contributed by atoms with E-state index in [0.717, 1.165) is 0 Å². The molecule has 0 spiro atoms. The lowest BCUT2D eigenvalue weighted by molar-refractivity contribution is 0.0683. The zero-order valence-electron chi connectivity index (χ0n) is 6.77. The van der Waals surface area contributed by atoms with Gasteiger partial charge in [-0.15, -0.1) is 0 Å². The van der Waals surface area contributed by atoms with Gasteiger partial charge in [-0.05, 0) is 13.0 Å². The van der Waals surface area contributed by atoms with Crippen molar-refractivity contribution in [1.82, 2.24) is 9.78 Å². The summed E-state index contributed by atoms with van der Waals surface area (Å²) in [7, 11) is 0. The summed E-state index contributed by atoms with van der Waals surface area (Å²) in [6.07, 6.45) is 1.45. The Hall–Kier alpha value is -1.36. The van der Waals surface area contributed by atoms with Gasteiger partial charge in [0.05, 0.1) is 6.54 Å². The first-order valence-electron chi connectivity index (χ1n) is 3.62. The van der Waals surface area contributed by atoms with E-state index in [0.29, 0.717) is 6.54 Å². The number of rotatable bonds is 3. The van der Waals surface area contributed by atoms with Crippen LogP contribution in [0.2, 0.25) is 0 Å². The molecule has 0 aliphatic carbocycles. The van der Waals surface area contributed by atoms with Crippen LogP contribution in [0, 0.1) is 0 Å². The van der Waals surface area contributed by atoms with Gasteiger partial charge in [-0.2, -0.15) is 5.10 Å². The summed E-state index contributed by atoms with van der Waals surface area (Å²) in [4.78, 5) is 10.6. The molecule has 1 aromatic rings. The Bertz CT molecular complexity index is 280. The number of aromatic nitrogens is 2. The van der Waals surface area contributed by atoms with Gasteiger partial charge in [0, 0.05) is 12.2 Å². The maximum atomic E-state index is 10.6. The molecule has 66 valence electrons. The second-order valence-corrected chi connectivity index (χ2v) is 2.68. The van der Waals surface area contributed by atoms with Gasteiger partial charge in [-0.25, -0.2) is 4.79 Å². The molecule has 1 heterocycles. The van der Waals surface area contributed by atoms with Crippen LogP contribution < -0.4 is 5.73 Å². The summed E-state index contributed by atoms with van der Waals surface area (Å²) in [6.45, 7) is 2.22. The maximum Gasteiger partial charge on any atom is 0.354 e. The summed E-state index contributed by atoms with van der Waals surface area (Å²) in [5, 5.41) is 12.5. The van der Waals surface area contributed by atoms with Crippen LogP contribution in [0.25, 0.3) is 0 Å². The second-order valence-electron chi connectivity index (χ2n) is 2.68. The third kappa shape index (κ3) is 1.82. The predicted octanol–water partition coefficient (Wildman–Crippen LogP) is -0.0715. The van der Waals surface area contributed by atoms with Crippen molar-refractivity contribution < 1.29 is 9.90 Å². The van der Waals surface area contributed by atoms with Crippen molar-refractivity contribution in [2.45, 2.75) is 19.5 Å². The zero-order chi connectivity index (χ0) is 9.14. The van der Waals surface area contributed by atoms with Crippen LogP contribution in [0.3, 0.4) is 0 Å². The molecule has 5 heteroatoms. The van der Waals surface area contributed by atoms with Gasteiger partial charge in [0.15, 0.2) is 0 Å². The number of carboxylic acid groups (broad SMARTS) is 1. The molecule has 0 aliphatic heterocycles. The molecule has 0 aromatic carbocycles. The molecule has 1 rings (SSSR count). The minimum Gasteiger partial charge on any atom is -0.477 e. The lowest BCUT2D eigenvalue weighted by Crippen LogP contribution is -2.24. The number of carbonyl (C=O) groups is 1. The Morgan fingerprint density at radius 3 is 3.08 bits per heavy atom. The fourth-order valence-corrected chi connectivity index (χ4v) is 0.933. The summed E-state index contributed by atoms with van der Waals surface area (Å²) < 4.78 is 1.38. The molecule has 5 nitrogen and oxygen atoms in total. The van der Waals surface area contributed by atoms with Gasteiger partial charge < -0.3 is 10.8 Å². The van der Waals surface area contributed by atoms with Crippen molar-refractivity contribution in [1.29, 1.82) is 0 Å². The molecular weight excluding hydrogens is 158 g/mol. The quantitative estimate of drug-likeness (QED) is 0.663. The van der Waals surface area contributed by atoms with Gasteiger partial charge in [-0.1, -0.05) is 0 Å². The van der Waals surface area contributed by atoms with Crippen LogP contribution in [0.1, 0.15) is 17.4 Å². The molecular formula is C7H11N3O2. The first-order valence-corrected chi connectivity index (χ1v) is 3.62. The third-order valence-corrected chi connectivity index (χ3v) is 1.40. The largest absolute Gasteiger partial charge is 0.477 e. The lowest BCUT2D eigenvalue weighted by Gasteiger charge is -2.06. The summed E-state index contributed by atoms with van der Waals surface area (Å²) in [5.74, 6) is -0.979. The number of nitrogens with zero attached hydrogens (tertiary/aromatic N) is 2. The highest BCUT2D eigenvalue weighted by molar-refractivity contribution is 5.85. The Morgan fingerprint density at radius 2 is 2.58 bits per heavy atom. The molecule has 0 saturated heterocycles. The van der Waals surface area contributed by atoms with Crippen molar-refractivity contribution in [3.05, 3.63) is 18.0 Å². The second kappa shape index (κ2) is 3.36. The fraction of sp³-hybridized carbons (Fsp3) is 0.429. The zero-order valence-corrected chi connectivity index (χ0v) is 6.77. The summed E-state index contributed by atoms with van der Waals surface area (Å²) in [6, 6.07) is 1.35. The number of hydrogen-bond acceptors (Lipinski definition) is 3. The van der Waals surface area contributed by atoms with Crippen LogP contribution in [0.4, 0.5) is 0 Å². The van der Waals surface area contributed by atoms with Crippen LogP contribution in [0.15, 0.2) is 12.3 Å². The van der Waals surface area contributed by atoms with E-state index < -0.39 is 5.97 Å². The number of nitrogens with two attached hydrogens (primary N) is 1.